The minimum absolute atomic E-state index is 0.248. The first kappa shape index (κ1) is 22.4. The summed E-state index contributed by atoms with van der Waals surface area (Å²) in [5, 5.41) is 20.0. The van der Waals surface area contributed by atoms with Crippen molar-refractivity contribution in [3.8, 4) is 22.3 Å². The molecule has 4 heteroatoms. The lowest BCUT2D eigenvalue weighted by atomic mass is 9.79. The molecule has 3 aromatic rings. The molecule has 0 spiro atoms. The maximum absolute atomic E-state index is 12.2. The van der Waals surface area contributed by atoms with Crippen molar-refractivity contribution in [3.05, 3.63) is 82.9 Å². The molecule has 0 aromatic heterocycles. The van der Waals surface area contributed by atoms with Crippen LogP contribution in [0, 0.1) is 0 Å². The molecule has 0 amide bonds. The van der Waals surface area contributed by atoms with Gasteiger partial charge in [0.1, 0.15) is 0 Å². The summed E-state index contributed by atoms with van der Waals surface area (Å²) in [6.45, 7) is 0. The summed E-state index contributed by atoms with van der Waals surface area (Å²) in [7, 11) is 0. The zero-order valence-electron chi connectivity index (χ0n) is 19.3. The first-order chi connectivity index (χ1) is 16.5. The van der Waals surface area contributed by atoms with Gasteiger partial charge in [-0.1, -0.05) is 74.2 Å². The van der Waals surface area contributed by atoms with Gasteiger partial charge in [0.15, 0.2) is 0 Å². The van der Waals surface area contributed by atoms with E-state index in [2.05, 4.69) is 12.1 Å². The van der Waals surface area contributed by atoms with Gasteiger partial charge in [-0.25, -0.2) is 9.59 Å². The normalized spacial score (nSPS) is 16.7. The molecule has 174 valence electrons. The summed E-state index contributed by atoms with van der Waals surface area (Å²) in [4.78, 5) is 24.4. The zero-order chi connectivity index (χ0) is 23.7. The van der Waals surface area contributed by atoms with Gasteiger partial charge >= 0.3 is 11.9 Å². The number of carboxylic acids is 2. The van der Waals surface area contributed by atoms with Gasteiger partial charge < -0.3 is 10.2 Å². The molecule has 2 aliphatic rings. The molecule has 2 N–H and O–H groups in total. The molecule has 5 rings (SSSR count). The third-order valence-corrected chi connectivity index (χ3v) is 7.69. The molecule has 2 aliphatic carbocycles. The Balaban J connectivity index is 1.86. The molecule has 0 heterocycles. The summed E-state index contributed by atoms with van der Waals surface area (Å²) in [5.41, 5.74) is 6.02. The monoisotopic (exact) mass is 454 g/mol. The highest BCUT2D eigenvalue weighted by atomic mass is 16.4. The second-order valence-corrected chi connectivity index (χ2v) is 9.70. The van der Waals surface area contributed by atoms with Gasteiger partial charge in [0, 0.05) is 0 Å². The molecule has 0 radical (unpaired) electrons. The van der Waals surface area contributed by atoms with Crippen LogP contribution in [0.25, 0.3) is 22.3 Å². The Bertz CT molecular complexity index is 1230. The maximum Gasteiger partial charge on any atom is 0.336 e. The Morgan fingerprint density at radius 2 is 1.12 bits per heavy atom. The van der Waals surface area contributed by atoms with Crippen molar-refractivity contribution >= 4 is 11.9 Å². The molecule has 4 nitrogen and oxygen atoms in total. The van der Waals surface area contributed by atoms with Crippen LogP contribution in [0.15, 0.2) is 60.7 Å². The largest absolute Gasteiger partial charge is 0.478 e. The fraction of sp³-hybridized carbons (Fsp3) is 0.333. The fourth-order valence-electron chi connectivity index (χ4n) is 6.05. The van der Waals surface area contributed by atoms with Gasteiger partial charge in [-0.15, -0.1) is 0 Å². The van der Waals surface area contributed by atoms with Crippen LogP contribution in [0.3, 0.4) is 0 Å². The molecule has 34 heavy (non-hydrogen) atoms. The Labute approximate surface area is 200 Å². The van der Waals surface area contributed by atoms with Crippen molar-refractivity contribution in [2.75, 3.05) is 0 Å². The maximum atomic E-state index is 12.2. The van der Waals surface area contributed by atoms with E-state index in [1.807, 2.05) is 24.3 Å². The van der Waals surface area contributed by atoms with Crippen molar-refractivity contribution in [2.45, 2.75) is 63.2 Å². The standard InChI is InChI=1S/C30H30O4/c31-29(32)24-15-7-5-13-22(24)27-18-21(19-9-1-2-10-19)17-26(20-11-3-4-12-20)28(27)23-14-6-8-16-25(23)30(33)34/h5-8,13-20H,1-4,9-12H2,(H,31,32)(H,33,34). The quantitative estimate of drug-likeness (QED) is 0.399. The highest BCUT2D eigenvalue weighted by molar-refractivity contribution is 6.03. The Hall–Kier alpha value is -3.40. The van der Waals surface area contributed by atoms with E-state index in [-0.39, 0.29) is 11.1 Å². The number of aromatic carboxylic acids is 2. The molecule has 0 bridgehead atoms. The summed E-state index contributed by atoms with van der Waals surface area (Å²) < 4.78 is 0. The van der Waals surface area contributed by atoms with Gasteiger partial charge in [0.05, 0.1) is 11.1 Å². The molecule has 0 aliphatic heterocycles. The van der Waals surface area contributed by atoms with Crippen LogP contribution in [0.1, 0.15) is 95.0 Å². The molecule has 2 saturated carbocycles. The summed E-state index contributed by atoms with van der Waals surface area (Å²) in [6, 6.07) is 18.7. The molecular formula is C30H30O4. The second-order valence-electron chi connectivity index (χ2n) is 9.70. The smallest absolute Gasteiger partial charge is 0.336 e. The fourth-order valence-corrected chi connectivity index (χ4v) is 6.05. The van der Waals surface area contributed by atoms with E-state index >= 15 is 0 Å². The highest BCUT2D eigenvalue weighted by Crippen LogP contribution is 2.48. The minimum atomic E-state index is -0.971. The number of carboxylic acid groups (broad SMARTS) is 2. The Morgan fingerprint density at radius 1 is 0.618 bits per heavy atom. The topological polar surface area (TPSA) is 74.6 Å². The lowest BCUT2D eigenvalue weighted by Gasteiger charge is -2.25. The SMILES string of the molecule is O=C(O)c1ccccc1-c1cc(C2CCCC2)cc(C2CCCC2)c1-c1ccccc1C(=O)O. The van der Waals surface area contributed by atoms with Gasteiger partial charge in [-0.05, 0) is 83.0 Å². The molecule has 0 saturated heterocycles. The van der Waals surface area contributed by atoms with Crippen molar-refractivity contribution < 1.29 is 19.8 Å². The van der Waals surface area contributed by atoms with E-state index in [4.69, 9.17) is 0 Å². The third kappa shape index (κ3) is 4.13. The summed E-state index contributed by atoms with van der Waals surface area (Å²) in [6.07, 6.45) is 9.22. The summed E-state index contributed by atoms with van der Waals surface area (Å²) in [5.74, 6) is -1.11. The Kier molecular flexibility index (Phi) is 6.23. The van der Waals surface area contributed by atoms with Crippen molar-refractivity contribution in [2.24, 2.45) is 0 Å². The van der Waals surface area contributed by atoms with E-state index < -0.39 is 11.9 Å². The number of rotatable bonds is 6. The van der Waals surface area contributed by atoms with Gasteiger partial charge in [-0.3, -0.25) is 0 Å². The molecule has 0 unspecified atom stereocenters. The van der Waals surface area contributed by atoms with E-state index in [9.17, 15) is 19.8 Å². The second kappa shape index (κ2) is 9.46. The van der Waals surface area contributed by atoms with Gasteiger partial charge in [-0.2, -0.15) is 0 Å². The lowest BCUT2D eigenvalue weighted by Crippen LogP contribution is -2.08. The number of hydrogen-bond donors (Lipinski definition) is 2. The van der Waals surface area contributed by atoms with Gasteiger partial charge in [0.2, 0.25) is 0 Å². The van der Waals surface area contributed by atoms with E-state index in [0.29, 0.717) is 23.0 Å². The zero-order valence-corrected chi connectivity index (χ0v) is 19.3. The highest BCUT2D eigenvalue weighted by Gasteiger charge is 2.29. The lowest BCUT2D eigenvalue weighted by molar-refractivity contribution is 0.0686. The average molecular weight is 455 g/mol. The van der Waals surface area contributed by atoms with Crippen LogP contribution in [0.4, 0.5) is 0 Å². The van der Waals surface area contributed by atoms with Crippen molar-refractivity contribution in [1.82, 2.24) is 0 Å². The van der Waals surface area contributed by atoms with Crippen molar-refractivity contribution in [1.29, 1.82) is 0 Å². The van der Waals surface area contributed by atoms with Crippen molar-refractivity contribution in [3.63, 3.8) is 0 Å². The van der Waals surface area contributed by atoms with E-state index in [1.165, 1.54) is 36.8 Å². The summed E-state index contributed by atoms with van der Waals surface area (Å²) >= 11 is 0. The van der Waals surface area contributed by atoms with E-state index in [1.54, 1.807) is 24.3 Å². The first-order valence-electron chi connectivity index (χ1n) is 12.4. The van der Waals surface area contributed by atoms with Crippen LogP contribution in [-0.2, 0) is 0 Å². The predicted octanol–water partition coefficient (Wildman–Crippen LogP) is 7.73. The molecule has 0 atom stereocenters. The third-order valence-electron chi connectivity index (χ3n) is 7.69. The Morgan fingerprint density at radius 3 is 1.71 bits per heavy atom. The minimum Gasteiger partial charge on any atom is -0.478 e. The molecular weight excluding hydrogens is 424 g/mol. The molecule has 3 aromatic carbocycles. The van der Waals surface area contributed by atoms with E-state index in [0.717, 1.165) is 36.8 Å². The predicted molar refractivity (Wildman–Crippen MR) is 134 cm³/mol. The number of carbonyl (C=O) groups is 2. The number of benzene rings is 3. The van der Waals surface area contributed by atoms with Gasteiger partial charge in [0.25, 0.3) is 0 Å². The van der Waals surface area contributed by atoms with Crippen LogP contribution in [-0.4, -0.2) is 22.2 Å². The van der Waals surface area contributed by atoms with Crippen LogP contribution in [0.2, 0.25) is 0 Å². The molecule has 2 fully saturated rings. The van der Waals surface area contributed by atoms with Crippen LogP contribution in [0.5, 0.6) is 0 Å². The van der Waals surface area contributed by atoms with Crippen LogP contribution < -0.4 is 0 Å². The first-order valence-corrected chi connectivity index (χ1v) is 12.4. The van der Waals surface area contributed by atoms with Crippen LogP contribution >= 0.6 is 0 Å². The average Bonchev–Trinajstić information content (AvgIpc) is 3.58. The number of hydrogen-bond acceptors (Lipinski definition) is 2.